The minimum Gasteiger partial charge on any atom is -0.428 e. The van der Waals surface area contributed by atoms with Crippen LogP contribution in [0, 0.1) is 24.7 Å². The molecule has 41 heavy (non-hydrogen) atoms. The quantitative estimate of drug-likeness (QED) is 0.136. The first-order chi connectivity index (χ1) is 19.0. The van der Waals surface area contributed by atoms with E-state index in [2.05, 4.69) is 40.3 Å². The Labute approximate surface area is 263 Å². The first kappa shape index (κ1) is 42.4. The number of aryl methyl sites for hydroxylation is 1. The van der Waals surface area contributed by atoms with Crippen LogP contribution < -0.4 is 5.46 Å². The van der Waals surface area contributed by atoms with Gasteiger partial charge in [-0.1, -0.05) is 118 Å². The maximum absolute atomic E-state index is 12.5. The fourth-order valence-corrected chi connectivity index (χ4v) is 4.60. The van der Waals surface area contributed by atoms with Gasteiger partial charge in [0.15, 0.2) is 5.78 Å². The molecule has 2 rings (SSSR count). The molecule has 239 valence electrons. The first-order valence-corrected chi connectivity index (χ1v) is 17.0. The van der Waals surface area contributed by atoms with Crippen LogP contribution in [-0.2, 0) is 15.0 Å². The van der Waals surface area contributed by atoms with Gasteiger partial charge in [-0.3, -0.25) is 4.79 Å². The Morgan fingerprint density at radius 1 is 1.02 bits per heavy atom. The lowest BCUT2D eigenvalue weighted by atomic mass is 9.75. The molecule has 1 aliphatic rings. The van der Waals surface area contributed by atoms with Gasteiger partial charge in [-0.2, -0.15) is 12.6 Å². The van der Waals surface area contributed by atoms with Crippen molar-refractivity contribution in [2.45, 2.75) is 171 Å². The molecule has 0 aliphatic heterocycles. The molecule has 0 amide bonds. The third-order valence-electron chi connectivity index (χ3n) is 8.53. The molecule has 0 bridgehead atoms. The normalized spacial score (nSPS) is 18.5. The molecule has 1 fully saturated rings. The lowest BCUT2D eigenvalue weighted by Gasteiger charge is -2.38. The zero-order valence-electron chi connectivity index (χ0n) is 29.6. The minimum absolute atomic E-state index is 0.149. The van der Waals surface area contributed by atoms with Crippen molar-refractivity contribution in [2.24, 2.45) is 17.8 Å². The summed E-state index contributed by atoms with van der Waals surface area (Å²) in [5.74, 6) is 1.81. The summed E-state index contributed by atoms with van der Waals surface area (Å²) in [6.45, 7) is 28.4. The number of thiol groups is 1. The lowest BCUT2D eigenvalue weighted by molar-refractivity contribution is -0.140. The van der Waals surface area contributed by atoms with Crippen molar-refractivity contribution >= 4 is 31.4 Å². The van der Waals surface area contributed by atoms with Gasteiger partial charge in [-0.15, -0.1) is 0 Å². The molecule has 0 heterocycles. The maximum atomic E-state index is 12.5. The number of ketones is 1. The van der Waals surface area contributed by atoms with Crippen molar-refractivity contribution in [1.29, 1.82) is 0 Å². The third-order valence-corrected chi connectivity index (χ3v) is 9.07. The van der Waals surface area contributed by atoms with Crippen LogP contribution in [-0.4, -0.2) is 28.7 Å². The number of unbranched alkanes of at least 4 members (excludes halogenated alkanes) is 4. The minimum atomic E-state index is -1.48. The smallest absolute Gasteiger partial charge is 0.330 e. The van der Waals surface area contributed by atoms with Crippen molar-refractivity contribution in [2.75, 3.05) is 0 Å². The highest BCUT2D eigenvalue weighted by Gasteiger charge is 2.37. The Morgan fingerprint density at radius 3 is 1.88 bits per heavy atom. The molecule has 0 spiro atoms. The van der Waals surface area contributed by atoms with Crippen LogP contribution in [0.4, 0.5) is 0 Å². The molecule has 0 saturated heterocycles. The molecule has 3 nitrogen and oxygen atoms in total. The molecule has 1 saturated carbocycles. The summed E-state index contributed by atoms with van der Waals surface area (Å²) in [6, 6.07) is 5.60. The Bertz CT molecular complexity index is 819. The first-order valence-electron chi connectivity index (χ1n) is 16.6. The van der Waals surface area contributed by atoms with Crippen LogP contribution in [0.15, 0.2) is 18.2 Å². The van der Waals surface area contributed by atoms with Crippen LogP contribution in [0.5, 0.6) is 0 Å². The van der Waals surface area contributed by atoms with E-state index in [0.717, 1.165) is 22.9 Å². The third kappa shape index (κ3) is 15.5. The van der Waals surface area contributed by atoms with Crippen LogP contribution in [0.25, 0.3) is 0 Å². The molecule has 1 radical (unpaired) electrons. The molecule has 2 atom stereocenters. The zero-order chi connectivity index (χ0) is 32.4. The summed E-state index contributed by atoms with van der Waals surface area (Å²) in [5.41, 5.74) is 0.468. The zero-order valence-corrected chi connectivity index (χ0v) is 30.5. The van der Waals surface area contributed by atoms with Crippen LogP contribution in [0.3, 0.4) is 0 Å². The highest BCUT2D eigenvalue weighted by Crippen LogP contribution is 2.35. The van der Waals surface area contributed by atoms with Gasteiger partial charge in [0.1, 0.15) is 5.60 Å². The Morgan fingerprint density at radius 2 is 1.54 bits per heavy atom. The standard InChI is InChI=1S/C20H32BO3S.C7H14.C7H16.C2H6/c1-9-13(2)17(22)20(8,23)16-11-10-15(12-14(16)3)21-24-18(4,5)19(6,7)25;1-3-7-4-6(2)5-7;1-3-5-7-6-4-2;1-2/h10-13,23,25H,9H2,1-8H3;6-7H,3-5H2,1-2H3;3-7H2,1-2H3;1-2H3. The van der Waals surface area contributed by atoms with Gasteiger partial charge in [-0.25, -0.2) is 0 Å². The summed E-state index contributed by atoms with van der Waals surface area (Å²) in [6.07, 6.45) is 12.1. The Hall–Kier alpha value is -0.775. The number of hydrogen-bond acceptors (Lipinski definition) is 4. The molecule has 1 aliphatic carbocycles. The summed E-state index contributed by atoms with van der Waals surface area (Å²) in [4.78, 5) is 12.5. The Kier molecular flexibility index (Phi) is 21.7. The lowest BCUT2D eigenvalue weighted by Crippen LogP contribution is -2.45. The number of Topliss-reactive ketones (excluding diaryl/α,β-unsaturated/α-hetero) is 1. The molecular formula is C36H68BO3S. The van der Waals surface area contributed by atoms with E-state index < -0.39 is 11.2 Å². The van der Waals surface area contributed by atoms with E-state index in [9.17, 15) is 9.90 Å². The number of hydrogen-bond donors (Lipinski definition) is 2. The van der Waals surface area contributed by atoms with Gasteiger partial charge >= 0.3 is 7.48 Å². The van der Waals surface area contributed by atoms with Gasteiger partial charge in [0, 0.05) is 10.7 Å². The molecule has 0 aromatic heterocycles. The number of benzene rings is 1. The monoisotopic (exact) mass is 591 g/mol. The van der Waals surface area contributed by atoms with E-state index in [-0.39, 0.29) is 16.4 Å². The van der Waals surface area contributed by atoms with Gasteiger partial charge < -0.3 is 9.76 Å². The Balaban J connectivity index is 0. The highest BCUT2D eigenvalue weighted by molar-refractivity contribution is 7.81. The molecule has 1 aromatic rings. The fraction of sp³-hybridized carbons (Fsp3) is 0.806. The van der Waals surface area contributed by atoms with E-state index in [4.69, 9.17) is 4.65 Å². The topological polar surface area (TPSA) is 46.5 Å². The van der Waals surface area contributed by atoms with Gasteiger partial charge in [0.2, 0.25) is 0 Å². The largest absolute Gasteiger partial charge is 0.428 e. The average molecular weight is 592 g/mol. The van der Waals surface area contributed by atoms with Crippen molar-refractivity contribution in [3.05, 3.63) is 29.3 Å². The fourth-order valence-electron chi connectivity index (χ4n) is 4.54. The van der Waals surface area contributed by atoms with E-state index in [1.54, 1.807) is 14.4 Å². The highest BCUT2D eigenvalue weighted by atomic mass is 32.1. The van der Waals surface area contributed by atoms with Crippen molar-refractivity contribution in [3.63, 3.8) is 0 Å². The SMILES string of the molecule is CC.CCC(C)C(=O)C(C)(O)c1ccc([B]OC(C)(C)C(C)(C)S)cc1C.CCC1CC(C)C1.CCCCCCC. The molecule has 5 heteroatoms. The van der Waals surface area contributed by atoms with Crippen LogP contribution in [0.1, 0.15) is 159 Å². The number of carbonyl (C=O) groups excluding carboxylic acids is 1. The number of carbonyl (C=O) groups is 1. The van der Waals surface area contributed by atoms with E-state index >= 15 is 0 Å². The van der Waals surface area contributed by atoms with Gasteiger partial charge in [0.05, 0.1) is 5.60 Å². The van der Waals surface area contributed by atoms with E-state index in [1.165, 1.54) is 51.4 Å². The second kappa shape index (κ2) is 21.0. The summed E-state index contributed by atoms with van der Waals surface area (Å²) < 4.78 is 5.63. The summed E-state index contributed by atoms with van der Waals surface area (Å²) in [5, 5.41) is 10.8. The van der Waals surface area contributed by atoms with Crippen LogP contribution >= 0.6 is 12.6 Å². The number of aliphatic hydroxyl groups is 1. The van der Waals surface area contributed by atoms with E-state index in [0.29, 0.717) is 12.0 Å². The maximum Gasteiger partial charge on any atom is 0.330 e. The summed E-state index contributed by atoms with van der Waals surface area (Å²) in [7, 11) is 1.71. The van der Waals surface area contributed by atoms with Gasteiger partial charge in [0.25, 0.3) is 0 Å². The molecular weight excluding hydrogens is 523 g/mol. The molecule has 1 aromatic carbocycles. The van der Waals surface area contributed by atoms with Crippen molar-refractivity contribution in [3.8, 4) is 0 Å². The average Bonchev–Trinajstić information content (AvgIpc) is 2.90. The molecule has 1 N–H and O–H groups in total. The van der Waals surface area contributed by atoms with Crippen molar-refractivity contribution in [1.82, 2.24) is 0 Å². The second-order valence-electron chi connectivity index (χ2n) is 13.0. The van der Waals surface area contributed by atoms with Crippen molar-refractivity contribution < 1.29 is 14.6 Å². The second-order valence-corrected chi connectivity index (χ2v) is 14.2. The number of rotatable bonds is 13. The van der Waals surface area contributed by atoms with Crippen LogP contribution in [0.2, 0.25) is 0 Å². The summed E-state index contributed by atoms with van der Waals surface area (Å²) >= 11 is 4.59. The van der Waals surface area contributed by atoms with Gasteiger partial charge in [-0.05, 0) is 83.8 Å². The predicted molar refractivity (Wildman–Crippen MR) is 187 cm³/mol. The van der Waals surface area contributed by atoms with E-state index in [1.807, 2.05) is 80.5 Å². The predicted octanol–water partition coefficient (Wildman–Crippen LogP) is 10.0. The molecule has 2 unspecified atom stereocenters.